The number of tetrazole rings is 1. The molecule has 1 aromatic rings. The summed E-state index contributed by atoms with van der Waals surface area (Å²) in [5.74, 6) is 0.320. The predicted octanol–water partition coefficient (Wildman–Crippen LogP) is -1.58. The summed E-state index contributed by atoms with van der Waals surface area (Å²) in [6.07, 6.45) is 0.171. The van der Waals surface area contributed by atoms with Crippen molar-refractivity contribution < 1.29 is 4.79 Å². The molecule has 0 unspecified atom stereocenters. The molecule has 0 radical (unpaired) electrons. The molecular weight excluding hydrogens is 184 g/mol. The average Bonchev–Trinajstić information content (AvgIpc) is 2.56. The minimum atomic E-state index is -0.0896. The fourth-order valence-electron chi connectivity index (χ4n) is 0.882. The normalized spacial score (nSPS) is 10.5. The Balaban J connectivity index is 2.17. The van der Waals surface area contributed by atoms with Crippen molar-refractivity contribution in [1.82, 2.24) is 30.8 Å². The number of carbonyl (C=O) groups excluding carboxylic acids is 1. The van der Waals surface area contributed by atoms with Crippen LogP contribution in [0.5, 0.6) is 0 Å². The second kappa shape index (κ2) is 5.28. The molecule has 1 rings (SSSR count). The third-order valence-electron chi connectivity index (χ3n) is 1.59. The van der Waals surface area contributed by atoms with Gasteiger partial charge in [0.25, 0.3) is 0 Å². The number of amides is 1. The van der Waals surface area contributed by atoms with E-state index in [4.69, 9.17) is 0 Å². The fraction of sp³-hybridized carbons (Fsp3) is 0.714. The smallest absolute Gasteiger partial charge is 0.227 e. The second-order valence-electron chi connectivity index (χ2n) is 3.16. The maximum absolute atomic E-state index is 11.2. The van der Waals surface area contributed by atoms with Crippen LogP contribution in [0.1, 0.15) is 5.82 Å². The molecule has 78 valence electrons. The summed E-state index contributed by atoms with van der Waals surface area (Å²) >= 11 is 0. The van der Waals surface area contributed by atoms with Gasteiger partial charge in [0, 0.05) is 13.1 Å². The van der Waals surface area contributed by atoms with E-state index in [0.29, 0.717) is 12.4 Å². The van der Waals surface area contributed by atoms with Crippen LogP contribution in [-0.2, 0) is 11.2 Å². The molecule has 0 aliphatic rings. The number of carbonyl (C=O) groups is 1. The molecule has 0 bridgehead atoms. The maximum Gasteiger partial charge on any atom is 0.227 e. The number of aromatic amines is 1. The van der Waals surface area contributed by atoms with Crippen molar-refractivity contribution >= 4 is 5.91 Å². The molecule has 14 heavy (non-hydrogen) atoms. The van der Waals surface area contributed by atoms with Crippen LogP contribution < -0.4 is 5.32 Å². The SMILES string of the molecule is CN(C)CCNC(=O)Cc1nn[nH]n1. The monoisotopic (exact) mass is 198 g/mol. The van der Waals surface area contributed by atoms with Crippen LogP contribution >= 0.6 is 0 Å². The highest BCUT2D eigenvalue weighted by atomic mass is 16.1. The minimum absolute atomic E-state index is 0.0896. The van der Waals surface area contributed by atoms with Gasteiger partial charge in [-0.05, 0) is 14.1 Å². The Morgan fingerprint density at radius 1 is 1.57 bits per heavy atom. The van der Waals surface area contributed by atoms with Crippen LogP contribution in [0.4, 0.5) is 0 Å². The maximum atomic E-state index is 11.2. The van der Waals surface area contributed by atoms with Crippen molar-refractivity contribution in [2.45, 2.75) is 6.42 Å². The number of nitrogens with one attached hydrogen (secondary N) is 2. The summed E-state index contributed by atoms with van der Waals surface area (Å²) in [6, 6.07) is 0. The molecule has 7 nitrogen and oxygen atoms in total. The van der Waals surface area contributed by atoms with Crippen LogP contribution in [0.2, 0.25) is 0 Å². The van der Waals surface area contributed by atoms with E-state index in [1.54, 1.807) is 0 Å². The van der Waals surface area contributed by atoms with Crippen molar-refractivity contribution in [3.8, 4) is 0 Å². The summed E-state index contributed by atoms with van der Waals surface area (Å²) in [4.78, 5) is 13.2. The highest BCUT2D eigenvalue weighted by molar-refractivity contribution is 5.77. The van der Waals surface area contributed by atoms with E-state index >= 15 is 0 Å². The van der Waals surface area contributed by atoms with Gasteiger partial charge in [0.05, 0.1) is 6.42 Å². The van der Waals surface area contributed by atoms with Gasteiger partial charge in [0.15, 0.2) is 5.82 Å². The first-order valence-corrected chi connectivity index (χ1v) is 4.32. The highest BCUT2D eigenvalue weighted by Crippen LogP contribution is 1.84. The molecule has 0 saturated carbocycles. The van der Waals surface area contributed by atoms with Crippen LogP contribution in [0.25, 0.3) is 0 Å². The number of hydrogen-bond acceptors (Lipinski definition) is 5. The predicted molar refractivity (Wildman–Crippen MR) is 49.4 cm³/mol. The number of hydrogen-bond donors (Lipinski definition) is 2. The topological polar surface area (TPSA) is 86.8 Å². The van der Waals surface area contributed by atoms with Crippen molar-refractivity contribution in [1.29, 1.82) is 0 Å². The summed E-state index contributed by atoms with van der Waals surface area (Å²) < 4.78 is 0. The number of likely N-dealkylation sites (N-methyl/N-ethyl adjacent to an activating group) is 1. The zero-order valence-electron chi connectivity index (χ0n) is 8.32. The number of rotatable bonds is 5. The first-order chi connectivity index (χ1) is 6.68. The summed E-state index contributed by atoms with van der Waals surface area (Å²) in [7, 11) is 3.90. The van der Waals surface area contributed by atoms with E-state index in [1.807, 2.05) is 19.0 Å². The van der Waals surface area contributed by atoms with Crippen molar-refractivity contribution in [3.05, 3.63) is 5.82 Å². The largest absolute Gasteiger partial charge is 0.354 e. The summed E-state index contributed by atoms with van der Waals surface area (Å²) in [6.45, 7) is 1.45. The van der Waals surface area contributed by atoms with Crippen molar-refractivity contribution in [2.75, 3.05) is 27.2 Å². The Morgan fingerprint density at radius 2 is 2.36 bits per heavy atom. The van der Waals surface area contributed by atoms with E-state index < -0.39 is 0 Å². The molecule has 0 saturated heterocycles. The van der Waals surface area contributed by atoms with E-state index in [2.05, 4.69) is 25.9 Å². The average molecular weight is 198 g/mol. The van der Waals surface area contributed by atoms with Gasteiger partial charge in [0.2, 0.25) is 5.91 Å². The lowest BCUT2D eigenvalue weighted by Crippen LogP contribution is -2.32. The van der Waals surface area contributed by atoms with E-state index in [-0.39, 0.29) is 12.3 Å². The molecule has 0 aromatic carbocycles. The minimum Gasteiger partial charge on any atom is -0.354 e. The van der Waals surface area contributed by atoms with Gasteiger partial charge < -0.3 is 10.2 Å². The van der Waals surface area contributed by atoms with Gasteiger partial charge in [-0.25, -0.2) is 0 Å². The molecule has 1 heterocycles. The molecule has 7 heteroatoms. The summed E-state index contributed by atoms with van der Waals surface area (Å²) in [5.41, 5.74) is 0. The van der Waals surface area contributed by atoms with Crippen LogP contribution in [0.3, 0.4) is 0 Å². The van der Waals surface area contributed by atoms with Crippen molar-refractivity contribution in [2.24, 2.45) is 0 Å². The van der Waals surface area contributed by atoms with Gasteiger partial charge >= 0.3 is 0 Å². The van der Waals surface area contributed by atoms with E-state index in [0.717, 1.165) is 6.54 Å². The van der Waals surface area contributed by atoms with Gasteiger partial charge in [-0.15, -0.1) is 10.2 Å². The molecule has 0 spiro atoms. The Labute approximate surface area is 81.9 Å². The lowest BCUT2D eigenvalue weighted by Gasteiger charge is -2.09. The standard InChI is InChI=1S/C7H14N6O/c1-13(2)4-3-8-7(14)5-6-9-11-12-10-6/h3-5H2,1-2H3,(H,8,14)(H,9,10,11,12). The van der Waals surface area contributed by atoms with Crippen molar-refractivity contribution in [3.63, 3.8) is 0 Å². The molecule has 0 aliphatic carbocycles. The molecule has 0 fully saturated rings. The molecule has 1 aromatic heterocycles. The second-order valence-corrected chi connectivity index (χ2v) is 3.16. The first-order valence-electron chi connectivity index (χ1n) is 4.32. The quantitative estimate of drug-likeness (QED) is 0.596. The van der Waals surface area contributed by atoms with Crippen LogP contribution in [-0.4, -0.2) is 58.6 Å². The lowest BCUT2D eigenvalue weighted by atomic mass is 10.4. The number of nitrogens with zero attached hydrogens (tertiary/aromatic N) is 4. The molecule has 0 aliphatic heterocycles. The lowest BCUT2D eigenvalue weighted by molar-refractivity contribution is -0.120. The zero-order valence-corrected chi connectivity index (χ0v) is 8.32. The number of H-pyrrole nitrogens is 1. The Morgan fingerprint density at radius 3 is 2.93 bits per heavy atom. The molecule has 2 N–H and O–H groups in total. The third kappa shape index (κ3) is 3.94. The Kier molecular flexibility index (Phi) is 3.99. The number of aromatic nitrogens is 4. The molecular formula is C7H14N6O. The summed E-state index contributed by atoms with van der Waals surface area (Å²) in [5, 5.41) is 15.8. The molecule has 1 amide bonds. The zero-order chi connectivity index (χ0) is 10.4. The first kappa shape index (κ1) is 10.6. The van der Waals surface area contributed by atoms with Crippen LogP contribution in [0, 0.1) is 0 Å². The van der Waals surface area contributed by atoms with Gasteiger partial charge in [-0.3, -0.25) is 4.79 Å². The van der Waals surface area contributed by atoms with Gasteiger partial charge in [-0.1, -0.05) is 5.21 Å². The Bertz CT molecular complexity index is 270. The highest BCUT2D eigenvalue weighted by Gasteiger charge is 2.05. The van der Waals surface area contributed by atoms with Gasteiger partial charge in [-0.2, -0.15) is 5.21 Å². The van der Waals surface area contributed by atoms with Crippen LogP contribution in [0.15, 0.2) is 0 Å². The molecule has 0 atom stereocenters. The third-order valence-corrected chi connectivity index (χ3v) is 1.59. The van der Waals surface area contributed by atoms with E-state index in [9.17, 15) is 4.79 Å². The Hall–Kier alpha value is -1.50. The fourth-order valence-corrected chi connectivity index (χ4v) is 0.882. The van der Waals surface area contributed by atoms with E-state index in [1.165, 1.54) is 0 Å². The van der Waals surface area contributed by atoms with Gasteiger partial charge in [0.1, 0.15) is 0 Å².